The standard InChI is InChI=1S/C16H19N5O2/c1-2-23-15-7-6-13(18-19-15)16(22)21-11-9-20(10-12-21)14-5-3-4-8-17-14/h3-8H,2,9-12H2,1H3. The van der Waals surface area contributed by atoms with Gasteiger partial charge < -0.3 is 14.5 Å². The molecule has 0 unspecified atom stereocenters. The van der Waals surface area contributed by atoms with Crippen molar-refractivity contribution in [3.63, 3.8) is 0 Å². The fraction of sp³-hybridized carbons (Fsp3) is 0.375. The fourth-order valence-electron chi connectivity index (χ4n) is 2.50. The molecule has 3 heterocycles. The molecular weight excluding hydrogens is 294 g/mol. The Hall–Kier alpha value is -2.70. The van der Waals surface area contributed by atoms with Crippen molar-refractivity contribution in [1.29, 1.82) is 0 Å². The highest BCUT2D eigenvalue weighted by atomic mass is 16.5. The topological polar surface area (TPSA) is 71.5 Å². The molecule has 1 saturated heterocycles. The van der Waals surface area contributed by atoms with Crippen LogP contribution >= 0.6 is 0 Å². The highest BCUT2D eigenvalue weighted by molar-refractivity contribution is 5.92. The van der Waals surface area contributed by atoms with Crippen LogP contribution in [0.1, 0.15) is 17.4 Å². The smallest absolute Gasteiger partial charge is 0.274 e. The maximum atomic E-state index is 12.5. The molecule has 2 aromatic rings. The van der Waals surface area contributed by atoms with Gasteiger partial charge in [-0.05, 0) is 25.1 Å². The Kier molecular flexibility index (Phi) is 4.65. The van der Waals surface area contributed by atoms with Gasteiger partial charge >= 0.3 is 0 Å². The summed E-state index contributed by atoms with van der Waals surface area (Å²) in [5, 5.41) is 7.86. The number of carbonyl (C=O) groups excluding carboxylic acids is 1. The van der Waals surface area contributed by atoms with E-state index in [-0.39, 0.29) is 5.91 Å². The van der Waals surface area contributed by atoms with Crippen molar-refractivity contribution in [2.75, 3.05) is 37.7 Å². The first-order valence-corrected chi connectivity index (χ1v) is 7.69. The molecule has 0 radical (unpaired) electrons. The van der Waals surface area contributed by atoms with E-state index in [0.717, 1.165) is 18.9 Å². The van der Waals surface area contributed by atoms with Gasteiger partial charge in [0.15, 0.2) is 5.69 Å². The summed E-state index contributed by atoms with van der Waals surface area (Å²) in [6.07, 6.45) is 1.78. The summed E-state index contributed by atoms with van der Waals surface area (Å²) in [6, 6.07) is 9.18. The molecule has 1 amide bonds. The minimum Gasteiger partial charge on any atom is -0.477 e. The highest BCUT2D eigenvalue weighted by Gasteiger charge is 2.23. The fourth-order valence-corrected chi connectivity index (χ4v) is 2.50. The number of nitrogens with zero attached hydrogens (tertiary/aromatic N) is 5. The van der Waals surface area contributed by atoms with Gasteiger partial charge in [0.2, 0.25) is 5.88 Å². The van der Waals surface area contributed by atoms with E-state index in [1.54, 1.807) is 23.2 Å². The number of pyridine rings is 1. The number of carbonyl (C=O) groups is 1. The summed E-state index contributed by atoms with van der Waals surface area (Å²) >= 11 is 0. The Balaban J connectivity index is 1.59. The zero-order chi connectivity index (χ0) is 16.1. The molecule has 3 rings (SSSR count). The molecule has 0 saturated carbocycles. The van der Waals surface area contributed by atoms with Crippen LogP contribution in [0.25, 0.3) is 0 Å². The maximum Gasteiger partial charge on any atom is 0.274 e. The van der Waals surface area contributed by atoms with Crippen molar-refractivity contribution < 1.29 is 9.53 Å². The van der Waals surface area contributed by atoms with Crippen LogP contribution in [0.4, 0.5) is 5.82 Å². The van der Waals surface area contributed by atoms with E-state index in [1.165, 1.54) is 0 Å². The average Bonchev–Trinajstić information content (AvgIpc) is 2.63. The van der Waals surface area contributed by atoms with E-state index in [0.29, 0.717) is 31.3 Å². The third kappa shape index (κ3) is 3.56. The molecule has 2 aromatic heterocycles. The molecule has 1 fully saturated rings. The Bertz CT molecular complexity index is 639. The first-order valence-electron chi connectivity index (χ1n) is 7.69. The lowest BCUT2D eigenvalue weighted by Gasteiger charge is -2.35. The molecule has 7 nitrogen and oxygen atoms in total. The van der Waals surface area contributed by atoms with Crippen LogP contribution in [0.2, 0.25) is 0 Å². The molecule has 1 aliphatic rings. The highest BCUT2D eigenvalue weighted by Crippen LogP contribution is 2.14. The number of rotatable bonds is 4. The Morgan fingerprint density at radius 1 is 1.13 bits per heavy atom. The van der Waals surface area contributed by atoms with Crippen LogP contribution in [-0.2, 0) is 0 Å². The van der Waals surface area contributed by atoms with E-state index in [9.17, 15) is 4.79 Å². The van der Waals surface area contributed by atoms with Gasteiger partial charge in [-0.15, -0.1) is 10.2 Å². The van der Waals surface area contributed by atoms with Crippen molar-refractivity contribution in [2.45, 2.75) is 6.92 Å². The number of hydrogen-bond donors (Lipinski definition) is 0. The van der Waals surface area contributed by atoms with Crippen molar-refractivity contribution in [2.24, 2.45) is 0 Å². The lowest BCUT2D eigenvalue weighted by atomic mass is 10.2. The maximum absolute atomic E-state index is 12.5. The summed E-state index contributed by atoms with van der Waals surface area (Å²) in [6.45, 7) is 5.20. The summed E-state index contributed by atoms with van der Waals surface area (Å²) in [7, 11) is 0. The zero-order valence-corrected chi connectivity index (χ0v) is 13.1. The van der Waals surface area contributed by atoms with E-state index >= 15 is 0 Å². The summed E-state index contributed by atoms with van der Waals surface area (Å²) < 4.78 is 5.24. The molecule has 7 heteroatoms. The molecule has 0 bridgehead atoms. The van der Waals surface area contributed by atoms with Crippen molar-refractivity contribution in [3.8, 4) is 5.88 Å². The summed E-state index contributed by atoms with van der Waals surface area (Å²) in [5.74, 6) is 1.28. The zero-order valence-electron chi connectivity index (χ0n) is 13.1. The monoisotopic (exact) mass is 313 g/mol. The largest absolute Gasteiger partial charge is 0.477 e. The molecule has 0 spiro atoms. The van der Waals surface area contributed by atoms with Crippen molar-refractivity contribution >= 4 is 11.7 Å². The summed E-state index contributed by atoms with van der Waals surface area (Å²) in [4.78, 5) is 20.8. The summed E-state index contributed by atoms with van der Waals surface area (Å²) in [5.41, 5.74) is 0.347. The Morgan fingerprint density at radius 2 is 1.96 bits per heavy atom. The van der Waals surface area contributed by atoms with Crippen LogP contribution in [0.3, 0.4) is 0 Å². The SMILES string of the molecule is CCOc1ccc(C(=O)N2CCN(c3ccccn3)CC2)nn1. The van der Waals surface area contributed by atoms with E-state index in [4.69, 9.17) is 4.74 Å². The van der Waals surface area contributed by atoms with E-state index < -0.39 is 0 Å². The Morgan fingerprint density at radius 3 is 2.57 bits per heavy atom. The van der Waals surface area contributed by atoms with E-state index in [2.05, 4.69) is 20.1 Å². The first-order chi connectivity index (χ1) is 11.3. The number of amides is 1. The second kappa shape index (κ2) is 7.04. The first kappa shape index (κ1) is 15.2. The minimum atomic E-state index is -0.0961. The quantitative estimate of drug-likeness (QED) is 0.845. The number of anilines is 1. The predicted molar refractivity (Wildman–Crippen MR) is 85.6 cm³/mol. The van der Waals surface area contributed by atoms with Crippen LogP contribution in [0.15, 0.2) is 36.5 Å². The number of aromatic nitrogens is 3. The predicted octanol–water partition coefficient (Wildman–Crippen LogP) is 1.23. The third-order valence-electron chi connectivity index (χ3n) is 3.69. The van der Waals surface area contributed by atoms with Gasteiger partial charge in [-0.2, -0.15) is 0 Å². The molecule has 0 aliphatic carbocycles. The third-order valence-corrected chi connectivity index (χ3v) is 3.69. The second-order valence-electron chi connectivity index (χ2n) is 5.16. The van der Waals surface area contributed by atoms with Gasteiger partial charge in [-0.3, -0.25) is 4.79 Å². The molecule has 0 N–H and O–H groups in total. The van der Waals surface area contributed by atoms with Gasteiger partial charge in [0.05, 0.1) is 6.61 Å². The van der Waals surface area contributed by atoms with Crippen LogP contribution in [-0.4, -0.2) is 58.8 Å². The van der Waals surface area contributed by atoms with Crippen LogP contribution in [0.5, 0.6) is 5.88 Å². The molecule has 0 aromatic carbocycles. The normalized spacial score (nSPS) is 14.7. The molecular formula is C16H19N5O2. The van der Waals surface area contributed by atoms with Crippen LogP contribution < -0.4 is 9.64 Å². The lowest BCUT2D eigenvalue weighted by Crippen LogP contribution is -2.49. The number of ether oxygens (including phenoxy) is 1. The van der Waals surface area contributed by atoms with Crippen molar-refractivity contribution in [1.82, 2.24) is 20.1 Å². The number of hydrogen-bond acceptors (Lipinski definition) is 6. The number of piperazine rings is 1. The van der Waals surface area contributed by atoms with Gasteiger partial charge in [0.25, 0.3) is 5.91 Å². The molecule has 0 atom stereocenters. The van der Waals surface area contributed by atoms with Crippen LogP contribution in [0, 0.1) is 0 Å². The van der Waals surface area contributed by atoms with Gasteiger partial charge in [0.1, 0.15) is 5.82 Å². The average molecular weight is 313 g/mol. The van der Waals surface area contributed by atoms with Gasteiger partial charge in [-0.25, -0.2) is 4.98 Å². The van der Waals surface area contributed by atoms with Gasteiger partial charge in [-0.1, -0.05) is 6.07 Å². The molecule has 120 valence electrons. The Labute approximate surface area is 134 Å². The molecule has 1 aliphatic heterocycles. The van der Waals surface area contributed by atoms with Crippen molar-refractivity contribution in [3.05, 3.63) is 42.2 Å². The van der Waals surface area contributed by atoms with Gasteiger partial charge in [0, 0.05) is 38.4 Å². The second-order valence-corrected chi connectivity index (χ2v) is 5.16. The van der Waals surface area contributed by atoms with E-state index in [1.807, 2.05) is 25.1 Å². The molecule has 23 heavy (non-hydrogen) atoms. The minimum absolute atomic E-state index is 0.0961. The lowest BCUT2D eigenvalue weighted by molar-refractivity contribution is 0.0739.